The topological polar surface area (TPSA) is 34.1 Å². The zero-order chi connectivity index (χ0) is 18.2. The van der Waals surface area contributed by atoms with Gasteiger partial charge in [-0.25, -0.2) is 8.42 Å². The van der Waals surface area contributed by atoms with Gasteiger partial charge in [0, 0.05) is 0 Å². The van der Waals surface area contributed by atoms with Gasteiger partial charge in [-0.15, -0.1) is 0 Å². The first-order chi connectivity index (χ1) is 12.5. The van der Waals surface area contributed by atoms with Crippen molar-refractivity contribution in [1.29, 1.82) is 0 Å². The van der Waals surface area contributed by atoms with Crippen molar-refractivity contribution < 1.29 is 8.42 Å². The van der Waals surface area contributed by atoms with Crippen LogP contribution in [0.3, 0.4) is 0 Å². The standard InChI is InChI=1S/C23H24O2S/c1-18-17-23(26(24,25)21-13-6-3-7-14-21)15-9-8-12-20(22(18)23)16-19-10-4-2-5-11-19/h2-7,10-11,13-14,16H,8-9,12,15,17H2,1H3/b20-16+/t23-/m1/s1. The summed E-state index contributed by atoms with van der Waals surface area (Å²) in [4.78, 5) is 0.450. The fourth-order valence-electron chi connectivity index (χ4n) is 4.60. The number of fused-ring (bicyclic) bond motifs is 1. The zero-order valence-electron chi connectivity index (χ0n) is 15.1. The minimum atomic E-state index is -3.40. The minimum Gasteiger partial charge on any atom is -0.223 e. The van der Waals surface area contributed by atoms with Crippen molar-refractivity contribution in [1.82, 2.24) is 0 Å². The van der Waals surface area contributed by atoms with Crippen LogP contribution in [0.2, 0.25) is 0 Å². The summed E-state index contributed by atoms with van der Waals surface area (Å²) in [5.74, 6) is 0. The molecule has 2 aliphatic carbocycles. The third-order valence-corrected chi connectivity index (χ3v) is 8.21. The lowest BCUT2D eigenvalue weighted by Gasteiger charge is -2.45. The smallest absolute Gasteiger partial charge is 0.188 e. The van der Waals surface area contributed by atoms with Crippen LogP contribution >= 0.6 is 0 Å². The Bertz CT molecular complexity index is 969. The summed E-state index contributed by atoms with van der Waals surface area (Å²) in [6, 6.07) is 19.2. The third kappa shape index (κ3) is 2.66. The number of rotatable bonds is 3. The Balaban J connectivity index is 1.84. The first-order valence-electron chi connectivity index (χ1n) is 9.30. The van der Waals surface area contributed by atoms with Gasteiger partial charge in [-0.05, 0) is 61.4 Å². The molecule has 1 atom stereocenters. The highest BCUT2D eigenvalue weighted by Crippen LogP contribution is 2.55. The number of sulfone groups is 1. The number of hydrogen-bond acceptors (Lipinski definition) is 2. The van der Waals surface area contributed by atoms with E-state index in [1.54, 1.807) is 12.1 Å². The lowest BCUT2D eigenvalue weighted by Crippen LogP contribution is -2.47. The van der Waals surface area contributed by atoms with Gasteiger partial charge in [0.1, 0.15) is 4.75 Å². The zero-order valence-corrected chi connectivity index (χ0v) is 15.9. The second-order valence-corrected chi connectivity index (χ2v) is 9.69. The van der Waals surface area contributed by atoms with Crippen LogP contribution in [0.25, 0.3) is 6.08 Å². The molecule has 0 unspecified atom stereocenters. The van der Waals surface area contributed by atoms with Crippen molar-refractivity contribution in [2.24, 2.45) is 0 Å². The van der Waals surface area contributed by atoms with E-state index in [2.05, 4.69) is 25.1 Å². The second kappa shape index (κ2) is 6.55. The van der Waals surface area contributed by atoms with Crippen LogP contribution in [-0.2, 0) is 9.84 Å². The lowest BCUT2D eigenvalue weighted by atomic mass is 9.72. The van der Waals surface area contributed by atoms with Crippen LogP contribution in [0.5, 0.6) is 0 Å². The van der Waals surface area contributed by atoms with Gasteiger partial charge < -0.3 is 0 Å². The molecule has 0 bridgehead atoms. The van der Waals surface area contributed by atoms with E-state index in [0.717, 1.165) is 36.8 Å². The highest BCUT2D eigenvalue weighted by Gasteiger charge is 2.55. The molecule has 4 rings (SSSR count). The molecule has 0 heterocycles. The van der Waals surface area contributed by atoms with E-state index < -0.39 is 14.6 Å². The number of hydrogen-bond donors (Lipinski definition) is 0. The summed E-state index contributed by atoms with van der Waals surface area (Å²) in [5.41, 5.74) is 4.66. The Morgan fingerprint density at radius 2 is 1.58 bits per heavy atom. The number of allylic oxidation sites excluding steroid dienone is 2. The van der Waals surface area contributed by atoms with Gasteiger partial charge in [0.15, 0.2) is 9.84 Å². The van der Waals surface area contributed by atoms with Crippen LogP contribution in [0.4, 0.5) is 0 Å². The predicted molar refractivity (Wildman–Crippen MR) is 107 cm³/mol. The molecular formula is C23H24O2S. The normalized spacial score (nSPS) is 24.7. The quantitative estimate of drug-likeness (QED) is 0.713. The van der Waals surface area contributed by atoms with Crippen LogP contribution < -0.4 is 0 Å². The highest BCUT2D eigenvalue weighted by molar-refractivity contribution is 7.93. The van der Waals surface area contributed by atoms with Crippen molar-refractivity contribution in [3.63, 3.8) is 0 Å². The molecule has 0 radical (unpaired) electrons. The van der Waals surface area contributed by atoms with Gasteiger partial charge >= 0.3 is 0 Å². The summed E-state index contributed by atoms with van der Waals surface area (Å²) < 4.78 is 26.5. The molecule has 26 heavy (non-hydrogen) atoms. The molecule has 0 saturated heterocycles. The summed E-state index contributed by atoms with van der Waals surface area (Å²) in [6.07, 6.45) is 6.53. The van der Waals surface area contributed by atoms with Gasteiger partial charge in [0.2, 0.25) is 0 Å². The molecular weight excluding hydrogens is 340 g/mol. The van der Waals surface area contributed by atoms with Crippen molar-refractivity contribution in [2.75, 3.05) is 0 Å². The molecule has 2 aromatic carbocycles. The second-order valence-electron chi connectivity index (χ2n) is 7.43. The molecule has 0 N–H and O–H groups in total. The monoisotopic (exact) mass is 364 g/mol. The lowest BCUT2D eigenvalue weighted by molar-refractivity contribution is 0.481. The van der Waals surface area contributed by atoms with Crippen molar-refractivity contribution >= 4 is 15.9 Å². The SMILES string of the molecule is CC1=C2/C(=C/c3ccccc3)CCCC[C@@]2(S(=O)(=O)c2ccccc2)C1. The average Bonchev–Trinajstić information content (AvgIpc) is 2.79. The number of benzene rings is 2. The molecule has 3 heteroatoms. The Morgan fingerprint density at radius 3 is 2.23 bits per heavy atom. The molecule has 134 valence electrons. The minimum absolute atomic E-state index is 0.450. The molecule has 2 aromatic rings. The van der Waals surface area contributed by atoms with E-state index in [4.69, 9.17) is 0 Å². The molecule has 1 saturated carbocycles. The maximum absolute atomic E-state index is 13.6. The highest BCUT2D eigenvalue weighted by atomic mass is 32.2. The van der Waals surface area contributed by atoms with Crippen LogP contribution in [0.1, 0.15) is 44.6 Å². The largest absolute Gasteiger partial charge is 0.223 e. The predicted octanol–water partition coefficient (Wildman–Crippen LogP) is 5.58. The Kier molecular flexibility index (Phi) is 4.36. The van der Waals surface area contributed by atoms with Crippen LogP contribution in [-0.4, -0.2) is 13.2 Å². The first kappa shape index (κ1) is 17.3. The molecule has 2 nitrogen and oxygen atoms in total. The Morgan fingerprint density at radius 1 is 0.923 bits per heavy atom. The van der Waals surface area contributed by atoms with E-state index >= 15 is 0 Å². The van der Waals surface area contributed by atoms with E-state index in [0.29, 0.717) is 11.3 Å². The molecule has 0 amide bonds. The van der Waals surface area contributed by atoms with E-state index in [-0.39, 0.29) is 0 Å². The fraction of sp³-hybridized carbons (Fsp3) is 0.304. The van der Waals surface area contributed by atoms with Crippen LogP contribution in [0, 0.1) is 0 Å². The summed E-state index contributed by atoms with van der Waals surface area (Å²) in [6.45, 7) is 2.10. The van der Waals surface area contributed by atoms with E-state index in [1.807, 2.05) is 36.4 Å². The van der Waals surface area contributed by atoms with E-state index in [9.17, 15) is 8.42 Å². The van der Waals surface area contributed by atoms with Crippen molar-refractivity contribution in [2.45, 2.75) is 48.7 Å². The summed E-state index contributed by atoms with van der Waals surface area (Å²) in [5, 5.41) is 0. The Labute approximate surface area is 156 Å². The third-order valence-electron chi connectivity index (χ3n) is 5.74. The molecule has 0 aromatic heterocycles. The van der Waals surface area contributed by atoms with Crippen molar-refractivity contribution in [3.8, 4) is 0 Å². The maximum atomic E-state index is 13.6. The first-order valence-corrected chi connectivity index (χ1v) is 10.8. The molecule has 0 aliphatic heterocycles. The van der Waals surface area contributed by atoms with Gasteiger partial charge in [0.25, 0.3) is 0 Å². The van der Waals surface area contributed by atoms with E-state index in [1.165, 1.54) is 11.1 Å². The van der Waals surface area contributed by atoms with Crippen LogP contribution in [0.15, 0.2) is 82.3 Å². The maximum Gasteiger partial charge on any atom is 0.188 e. The Hall–Kier alpha value is -2.13. The van der Waals surface area contributed by atoms with Crippen molar-refractivity contribution in [3.05, 3.63) is 82.9 Å². The summed E-state index contributed by atoms with van der Waals surface area (Å²) >= 11 is 0. The average molecular weight is 365 g/mol. The molecule has 2 aliphatic rings. The van der Waals surface area contributed by atoms with Gasteiger partial charge in [-0.1, -0.05) is 66.6 Å². The molecule has 1 fully saturated rings. The van der Waals surface area contributed by atoms with Gasteiger partial charge in [-0.3, -0.25) is 0 Å². The fourth-order valence-corrected chi connectivity index (χ4v) is 6.96. The van der Waals surface area contributed by atoms with Gasteiger partial charge in [-0.2, -0.15) is 0 Å². The molecule has 0 spiro atoms. The van der Waals surface area contributed by atoms with Gasteiger partial charge in [0.05, 0.1) is 4.90 Å². The summed E-state index contributed by atoms with van der Waals surface area (Å²) in [7, 11) is -3.40.